The van der Waals surface area contributed by atoms with Gasteiger partial charge in [0.05, 0.1) is 30.8 Å². The van der Waals surface area contributed by atoms with Crippen LogP contribution in [0, 0.1) is 11.3 Å². The molecule has 24 heavy (non-hydrogen) atoms. The fourth-order valence-electron chi connectivity index (χ4n) is 3.24. The first-order chi connectivity index (χ1) is 11.8. The van der Waals surface area contributed by atoms with Gasteiger partial charge in [-0.3, -0.25) is 4.68 Å². The third-order valence-corrected chi connectivity index (χ3v) is 4.62. The van der Waals surface area contributed by atoms with Gasteiger partial charge in [-0.15, -0.1) is 0 Å². The van der Waals surface area contributed by atoms with Crippen LogP contribution in [0.3, 0.4) is 0 Å². The molecule has 5 nitrogen and oxygen atoms in total. The number of rotatable bonds is 6. The Hall–Kier alpha value is -2.16. The number of nitrogens with one attached hydrogen (secondary N) is 1. The highest BCUT2D eigenvalue weighted by molar-refractivity contribution is 5.62. The van der Waals surface area contributed by atoms with Crippen molar-refractivity contribution < 1.29 is 5.11 Å². The minimum absolute atomic E-state index is 0.128. The number of hydrogen-bond acceptors (Lipinski definition) is 4. The van der Waals surface area contributed by atoms with Crippen LogP contribution in [0.1, 0.15) is 37.7 Å². The van der Waals surface area contributed by atoms with Crippen LogP contribution in [-0.4, -0.2) is 27.0 Å². The molecule has 1 aliphatic carbocycles. The summed E-state index contributed by atoms with van der Waals surface area (Å²) in [6.45, 7) is 1.38. The van der Waals surface area contributed by atoms with Gasteiger partial charge in [0.2, 0.25) is 0 Å². The summed E-state index contributed by atoms with van der Waals surface area (Å²) in [7, 11) is 0. The second-order valence-electron chi connectivity index (χ2n) is 6.43. The molecule has 126 valence electrons. The van der Waals surface area contributed by atoms with Gasteiger partial charge in [-0.1, -0.05) is 30.3 Å². The molecule has 5 heteroatoms. The lowest BCUT2D eigenvalue weighted by atomic mass is 9.93. The summed E-state index contributed by atoms with van der Waals surface area (Å²) in [6, 6.07) is 12.8. The van der Waals surface area contributed by atoms with E-state index in [1.807, 2.05) is 29.1 Å². The van der Waals surface area contributed by atoms with Gasteiger partial charge in [0.15, 0.2) is 0 Å². The van der Waals surface area contributed by atoms with Crippen molar-refractivity contribution in [1.82, 2.24) is 15.1 Å². The quantitative estimate of drug-likeness (QED) is 0.857. The molecule has 0 aliphatic heterocycles. The fraction of sp³-hybridized carbons (Fsp3) is 0.474. The Balaban J connectivity index is 1.72. The Bertz CT molecular complexity index is 681. The highest BCUT2D eigenvalue weighted by Crippen LogP contribution is 2.23. The summed E-state index contributed by atoms with van der Waals surface area (Å²) < 4.78 is 1.87. The Labute approximate surface area is 142 Å². The molecule has 0 atom stereocenters. The van der Waals surface area contributed by atoms with Crippen LogP contribution in [0.5, 0.6) is 0 Å². The maximum Gasteiger partial charge on any atom is 0.0968 e. The third-order valence-electron chi connectivity index (χ3n) is 4.62. The molecule has 0 amide bonds. The van der Waals surface area contributed by atoms with Crippen molar-refractivity contribution in [1.29, 1.82) is 5.26 Å². The monoisotopic (exact) mass is 324 g/mol. The summed E-state index contributed by atoms with van der Waals surface area (Å²) in [4.78, 5) is 0. The van der Waals surface area contributed by atoms with Gasteiger partial charge in [-0.25, -0.2) is 0 Å². The summed E-state index contributed by atoms with van der Waals surface area (Å²) in [6.07, 6.45) is 6.18. The first kappa shape index (κ1) is 16.7. The number of aryl methyl sites for hydroxylation is 1. The molecule has 1 aromatic heterocycles. The minimum atomic E-state index is -0.128. The molecule has 0 spiro atoms. The van der Waals surface area contributed by atoms with Crippen molar-refractivity contribution in [3.05, 3.63) is 42.1 Å². The van der Waals surface area contributed by atoms with Crippen LogP contribution in [-0.2, 0) is 13.1 Å². The zero-order chi connectivity index (χ0) is 16.8. The van der Waals surface area contributed by atoms with Crippen LogP contribution >= 0.6 is 0 Å². The van der Waals surface area contributed by atoms with E-state index in [1.165, 1.54) is 0 Å². The minimum Gasteiger partial charge on any atom is -0.393 e. The van der Waals surface area contributed by atoms with Gasteiger partial charge in [-0.05, 0) is 25.7 Å². The molecular weight excluding hydrogens is 300 g/mol. The molecule has 1 aliphatic rings. The predicted molar refractivity (Wildman–Crippen MR) is 93.0 cm³/mol. The molecule has 0 unspecified atom stereocenters. The number of aliphatic hydroxyl groups excluding tert-OH is 1. The van der Waals surface area contributed by atoms with E-state index >= 15 is 0 Å². The molecule has 2 N–H and O–H groups in total. The Morgan fingerprint density at radius 2 is 1.96 bits per heavy atom. The first-order valence-corrected chi connectivity index (χ1v) is 8.66. The zero-order valence-corrected chi connectivity index (χ0v) is 13.9. The van der Waals surface area contributed by atoms with Crippen LogP contribution in [0.25, 0.3) is 11.3 Å². The van der Waals surface area contributed by atoms with E-state index in [0.29, 0.717) is 19.0 Å². The maximum atomic E-state index is 9.62. The van der Waals surface area contributed by atoms with Gasteiger partial charge in [-0.2, -0.15) is 10.4 Å². The second kappa shape index (κ2) is 8.09. The molecule has 0 radical (unpaired) electrons. The Kier molecular flexibility index (Phi) is 5.63. The zero-order valence-electron chi connectivity index (χ0n) is 13.9. The average Bonchev–Trinajstić information content (AvgIpc) is 3.03. The molecular formula is C19H24N4O. The van der Waals surface area contributed by atoms with E-state index in [9.17, 15) is 5.11 Å². The van der Waals surface area contributed by atoms with E-state index in [1.54, 1.807) is 0 Å². The fourth-order valence-corrected chi connectivity index (χ4v) is 3.24. The van der Waals surface area contributed by atoms with Crippen molar-refractivity contribution in [3.63, 3.8) is 0 Å². The highest BCUT2D eigenvalue weighted by Gasteiger charge is 2.19. The molecule has 1 fully saturated rings. The topological polar surface area (TPSA) is 73.9 Å². The molecule has 1 heterocycles. The van der Waals surface area contributed by atoms with Gasteiger partial charge < -0.3 is 10.4 Å². The van der Waals surface area contributed by atoms with E-state index < -0.39 is 0 Å². The summed E-state index contributed by atoms with van der Waals surface area (Å²) in [5, 5.41) is 26.7. The number of aromatic nitrogens is 2. The van der Waals surface area contributed by atoms with Crippen molar-refractivity contribution in [2.45, 2.75) is 57.3 Å². The summed E-state index contributed by atoms with van der Waals surface area (Å²) in [5.41, 5.74) is 3.24. The predicted octanol–water partition coefficient (Wildman–Crippen LogP) is 2.86. The molecule has 1 aromatic carbocycles. The van der Waals surface area contributed by atoms with Crippen LogP contribution in [0.4, 0.5) is 0 Å². The van der Waals surface area contributed by atoms with Crippen molar-refractivity contribution in [2.75, 3.05) is 0 Å². The number of nitriles is 1. The summed E-state index contributed by atoms with van der Waals surface area (Å²) in [5.74, 6) is 0. The highest BCUT2D eigenvalue weighted by atomic mass is 16.3. The molecule has 0 bridgehead atoms. The summed E-state index contributed by atoms with van der Waals surface area (Å²) >= 11 is 0. The number of aliphatic hydroxyl groups is 1. The van der Waals surface area contributed by atoms with Crippen LogP contribution < -0.4 is 5.32 Å². The smallest absolute Gasteiger partial charge is 0.0968 e. The normalized spacial score (nSPS) is 20.7. The molecule has 3 rings (SSSR count). The van der Waals surface area contributed by atoms with Gasteiger partial charge in [0, 0.05) is 29.9 Å². The lowest BCUT2D eigenvalue weighted by molar-refractivity contribution is 0.116. The Morgan fingerprint density at radius 3 is 2.67 bits per heavy atom. The number of hydrogen-bond donors (Lipinski definition) is 2. The number of nitrogens with zero attached hydrogens (tertiary/aromatic N) is 3. The lowest BCUT2D eigenvalue weighted by Gasteiger charge is -2.26. The molecule has 2 aromatic rings. The van der Waals surface area contributed by atoms with Crippen molar-refractivity contribution >= 4 is 0 Å². The molecule has 1 saturated carbocycles. The van der Waals surface area contributed by atoms with Gasteiger partial charge in [0.1, 0.15) is 0 Å². The third kappa shape index (κ3) is 4.22. The van der Waals surface area contributed by atoms with Crippen molar-refractivity contribution in [3.8, 4) is 17.3 Å². The van der Waals surface area contributed by atoms with Crippen LogP contribution in [0.2, 0.25) is 0 Å². The Morgan fingerprint density at radius 1 is 1.21 bits per heavy atom. The largest absolute Gasteiger partial charge is 0.393 e. The standard InChI is InChI=1S/C19H24N4O/c20-11-4-12-23-14-16(13-21-17-7-9-18(24)10-8-17)19(22-23)15-5-2-1-3-6-15/h1-3,5-6,14,17-18,21,24H,4,7-10,12-13H2. The van der Waals surface area contributed by atoms with E-state index in [2.05, 4.69) is 28.6 Å². The van der Waals surface area contributed by atoms with Crippen molar-refractivity contribution in [2.24, 2.45) is 0 Å². The maximum absolute atomic E-state index is 9.62. The van der Waals surface area contributed by atoms with Gasteiger partial charge in [0.25, 0.3) is 0 Å². The number of benzene rings is 1. The SMILES string of the molecule is N#CCCn1cc(CNC2CCC(O)CC2)c(-c2ccccc2)n1. The van der Waals surface area contributed by atoms with Gasteiger partial charge >= 0.3 is 0 Å². The lowest BCUT2D eigenvalue weighted by Crippen LogP contribution is -2.34. The second-order valence-corrected chi connectivity index (χ2v) is 6.43. The first-order valence-electron chi connectivity index (χ1n) is 8.66. The van der Waals surface area contributed by atoms with E-state index in [4.69, 9.17) is 5.26 Å². The van der Waals surface area contributed by atoms with Crippen LogP contribution in [0.15, 0.2) is 36.5 Å². The van der Waals surface area contributed by atoms with E-state index in [-0.39, 0.29) is 6.10 Å². The average molecular weight is 324 g/mol. The molecule has 0 saturated heterocycles. The van der Waals surface area contributed by atoms with E-state index in [0.717, 1.165) is 49.0 Å².